The molecule has 2 aromatic carbocycles. The summed E-state index contributed by atoms with van der Waals surface area (Å²) in [5.41, 5.74) is 1.08. The molecule has 132 valence electrons. The minimum absolute atomic E-state index is 0.00142. The van der Waals surface area contributed by atoms with Crippen molar-refractivity contribution >= 4 is 34.9 Å². The van der Waals surface area contributed by atoms with Crippen molar-refractivity contribution in [2.75, 3.05) is 0 Å². The van der Waals surface area contributed by atoms with E-state index in [4.69, 9.17) is 32.4 Å². The second-order valence-electron chi connectivity index (χ2n) is 5.24. The van der Waals surface area contributed by atoms with E-state index in [-0.39, 0.29) is 18.1 Å². The highest BCUT2D eigenvalue weighted by atomic mass is 35.5. The lowest BCUT2D eigenvalue weighted by atomic mass is 10.1. The number of hydrogen-bond acceptors (Lipinski definition) is 5. The Morgan fingerprint density at radius 1 is 1.04 bits per heavy atom. The zero-order valence-corrected chi connectivity index (χ0v) is 14.7. The van der Waals surface area contributed by atoms with Crippen molar-refractivity contribution in [3.63, 3.8) is 0 Å². The molecule has 0 bridgehead atoms. The number of nitro groups is 1. The van der Waals surface area contributed by atoms with E-state index in [0.29, 0.717) is 26.9 Å². The Kier molecular flexibility index (Phi) is 5.25. The normalized spacial score (nSPS) is 10.5. The maximum absolute atomic E-state index is 12.1. The third-order valence-corrected chi connectivity index (χ3v) is 4.29. The summed E-state index contributed by atoms with van der Waals surface area (Å²) in [6.07, 6.45) is 0. The predicted octanol–water partition coefficient (Wildman–Crippen LogP) is 5.52. The maximum atomic E-state index is 12.1. The Morgan fingerprint density at radius 2 is 1.69 bits per heavy atom. The van der Waals surface area contributed by atoms with E-state index in [1.807, 2.05) is 0 Å². The van der Waals surface area contributed by atoms with Crippen molar-refractivity contribution in [3.8, 4) is 11.3 Å². The molecule has 0 atom stereocenters. The predicted molar refractivity (Wildman–Crippen MR) is 96.4 cm³/mol. The van der Waals surface area contributed by atoms with E-state index in [2.05, 4.69) is 0 Å². The molecule has 0 unspecified atom stereocenters. The molecule has 0 aliphatic heterocycles. The summed E-state index contributed by atoms with van der Waals surface area (Å²) in [5.74, 6) is -0.279. The van der Waals surface area contributed by atoms with Crippen LogP contribution in [-0.4, -0.2) is 10.9 Å². The van der Waals surface area contributed by atoms with Gasteiger partial charge in [-0.05, 0) is 36.4 Å². The van der Waals surface area contributed by atoms with Gasteiger partial charge in [0.1, 0.15) is 12.4 Å². The first kappa shape index (κ1) is 18.0. The number of carbonyl (C=O) groups is 1. The van der Waals surface area contributed by atoms with Crippen LogP contribution in [0.3, 0.4) is 0 Å². The number of nitro benzene ring substituents is 1. The molecule has 8 heteroatoms. The molecular formula is C18H11Cl2NO5. The van der Waals surface area contributed by atoms with Crippen LogP contribution in [0.5, 0.6) is 0 Å². The van der Waals surface area contributed by atoms with Crippen LogP contribution in [-0.2, 0) is 11.3 Å². The summed E-state index contributed by atoms with van der Waals surface area (Å²) >= 11 is 12.1. The number of benzene rings is 2. The van der Waals surface area contributed by atoms with Gasteiger partial charge in [0.05, 0.1) is 4.92 Å². The third kappa shape index (κ3) is 3.87. The zero-order valence-electron chi connectivity index (χ0n) is 13.1. The molecule has 3 aromatic rings. The lowest BCUT2D eigenvalue weighted by Gasteiger charge is -2.07. The molecule has 0 radical (unpaired) electrons. The highest BCUT2D eigenvalue weighted by Gasteiger charge is 2.16. The molecule has 6 nitrogen and oxygen atoms in total. The lowest BCUT2D eigenvalue weighted by Crippen LogP contribution is -2.04. The monoisotopic (exact) mass is 391 g/mol. The second kappa shape index (κ2) is 7.59. The van der Waals surface area contributed by atoms with Crippen molar-refractivity contribution < 1.29 is 18.9 Å². The lowest BCUT2D eigenvalue weighted by molar-refractivity contribution is -0.384. The molecule has 26 heavy (non-hydrogen) atoms. The van der Waals surface area contributed by atoms with Crippen molar-refractivity contribution in [2.24, 2.45) is 0 Å². The minimum Gasteiger partial charge on any atom is -0.455 e. The molecule has 1 heterocycles. The van der Waals surface area contributed by atoms with Gasteiger partial charge in [-0.15, -0.1) is 0 Å². The van der Waals surface area contributed by atoms with Gasteiger partial charge in [0.15, 0.2) is 0 Å². The fourth-order valence-corrected chi connectivity index (χ4v) is 2.74. The molecule has 0 amide bonds. The van der Waals surface area contributed by atoms with E-state index in [1.54, 1.807) is 24.3 Å². The van der Waals surface area contributed by atoms with Crippen LogP contribution in [0, 0.1) is 10.1 Å². The number of nitrogens with zero attached hydrogens (tertiary/aromatic N) is 1. The largest absolute Gasteiger partial charge is 0.455 e. The zero-order chi connectivity index (χ0) is 18.7. The van der Waals surface area contributed by atoms with Crippen molar-refractivity contribution in [1.82, 2.24) is 0 Å². The van der Waals surface area contributed by atoms with Gasteiger partial charge in [0.2, 0.25) is 5.76 Å². The van der Waals surface area contributed by atoms with Crippen molar-refractivity contribution in [2.45, 2.75) is 6.61 Å². The van der Waals surface area contributed by atoms with Crippen molar-refractivity contribution in [3.05, 3.63) is 86.1 Å². The number of esters is 1. The van der Waals surface area contributed by atoms with Gasteiger partial charge in [0.25, 0.3) is 5.69 Å². The SMILES string of the molecule is O=C(OCc1c(Cl)cccc1Cl)c1ccc(-c2ccc([N+](=O)[O-])cc2)o1. The summed E-state index contributed by atoms with van der Waals surface area (Å²) in [5, 5.41) is 11.5. The van der Waals surface area contributed by atoms with Gasteiger partial charge < -0.3 is 9.15 Å². The molecule has 0 fully saturated rings. The average Bonchev–Trinajstić information content (AvgIpc) is 3.11. The number of halogens is 2. The third-order valence-electron chi connectivity index (χ3n) is 3.58. The number of ether oxygens (including phenoxy) is 1. The highest BCUT2D eigenvalue weighted by Crippen LogP contribution is 2.27. The molecule has 0 aliphatic rings. The number of carbonyl (C=O) groups excluding carboxylic acids is 1. The standard InChI is InChI=1S/C18H11Cl2NO5/c19-14-2-1-3-15(20)13(14)10-25-18(22)17-9-8-16(26-17)11-4-6-12(7-5-11)21(23)24/h1-9H,10H2. The van der Waals surface area contributed by atoms with Crippen molar-refractivity contribution in [1.29, 1.82) is 0 Å². The average molecular weight is 392 g/mol. The van der Waals surface area contributed by atoms with Crippen LogP contribution in [0.1, 0.15) is 16.1 Å². The molecule has 0 spiro atoms. The Bertz CT molecular complexity index is 946. The van der Waals surface area contributed by atoms with Gasteiger partial charge in [-0.3, -0.25) is 10.1 Å². The first-order chi connectivity index (χ1) is 12.5. The van der Waals surface area contributed by atoms with Crippen LogP contribution in [0.15, 0.2) is 59.0 Å². The summed E-state index contributed by atoms with van der Waals surface area (Å²) in [7, 11) is 0. The van der Waals surface area contributed by atoms with Gasteiger partial charge in [0, 0.05) is 33.3 Å². The quantitative estimate of drug-likeness (QED) is 0.324. The second-order valence-corrected chi connectivity index (χ2v) is 6.06. The number of hydrogen-bond donors (Lipinski definition) is 0. The van der Waals surface area contributed by atoms with E-state index >= 15 is 0 Å². The fourth-order valence-electron chi connectivity index (χ4n) is 2.23. The topological polar surface area (TPSA) is 82.6 Å². The van der Waals surface area contributed by atoms with Crippen LogP contribution < -0.4 is 0 Å². The molecule has 0 saturated carbocycles. The molecule has 0 aliphatic carbocycles. The van der Waals surface area contributed by atoms with Crippen LogP contribution in [0.25, 0.3) is 11.3 Å². The Morgan fingerprint density at radius 3 is 2.31 bits per heavy atom. The highest BCUT2D eigenvalue weighted by molar-refractivity contribution is 6.35. The van der Waals surface area contributed by atoms with E-state index < -0.39 is 10.9 Å². The van der Waals surface area contributed by atoms with Crippen LogP contribution in [0.4, 0.5) is 5.69 Å². The molecule has 0 saturated heterocycles. The number of furan rings is 1. The number of non-ortho nitro benzene ring substituents is 1. The summed E-state index contributed by atoms with van der Waals surface area (Å²) < 4.78 is 10.7. The van der Waals surface area contributed by atoms with Gasteiger partial charge >= 0.3 is 5.97 Å². The Balaban J connectivity index is 1.71. The molecular weight excluding hydrogens is 381 g/mol. The Labute approximate surface area is 158 Å². The Hall–Kier alpha value is -2.83. The van der Waals surface area contributed by atoms with Crippen LogP contribution in [0.2, 0.25) is 10.0 Å². The van der Waals surface area contributed by atoms with E-state index in [9.17, 15) is 14.9 Å². The molecule has 3 rings (SSSR count). The number of rotatable bonds is 5. The summed E-state index contributed by atoms with van der Waals surface area (Å²) in [6, 6.07) is 13.8. The molecule has 1 aromatic heterocycles. The first-order valence-corrected chi connectivity index (χ1v) is 8.16. The first-order valence-electron chi connectivity index (χ1n) is 7.40. The smallest absolute Gasteiger partial charge is 0.374 e. The van der Waals surface area contributed by atoms with Gasteiger partial charge in [-0.1, -0.05) is 29.3 Å². The van der Waals surface area contributed by atoms with Crippen LogP contribution >= 0.6 is 23.2 Å². The van der Waals surface area contributed by atoms with Gasteiger partial charge in [-0.2, -0.15) is 0 Å². The fraction of sp³-hybridized carbons (Fsp3) is 0.0556. The summed E-state index contributed by atoms with van der Waals surface area (Å²) in [4.78, 5) is 22.3. The van der Waals surface area contributed by atoms with E-state index in [1.165, 1.54) is 30.3 Å². The van der Waals surface area contributed by atoms with E-state index in [0.717, 1.165) is 0 Å². The van der Waals surface area contributed by atoms with Gasteiger partial charge in [-0.25, -0.2) is 4.79 Å². The molecule has 0 N–H and O–H groups in total. The maximum Gasteiger partial charge on any atom is 0.374 e. The minimum atomic E-state index is -0.672. The summed E-state index contributed by atoms with van der Waals surface area (Å²) in [6.45, 7) is -0.0924.